The topological polar surface area (TPSA) is 23.8 Å². The number of benzene rings is 1. The first-order chi connectivity index (χ1) is 5.54. The molecule has 0 heterocycles. The minimum Gasteiger partial charge on any atom is -0.192 e. The number of hydrogen-bond donors (Lipinski definition) is 0. The lowest BCUT2D eigenvalue weighted by atomic mass is 9.86. The SMILES string of the molecule is CC(C)(C)c1c[c]cc(C#N)c1. The highest BCUT2D eigenvalue weighted by Crippen LogP contribution is 2.22. The third-order valence-electron chi connectivity index (χ3n) is 1.78. The first-order valence-corrected chi connectivity index (χ1v) is 3.96. The Hall–Kier alpha value is -1.29. The van der Waals surface area contributed by atoms with Gasteiger partial charge in [0.15, 0.2) is 0 Å². The van der Waals surface area contributed by atoms with Crippen LogP contribution < -0.4 is 0 Å². The average Bonchev–Trinajstić information content (AvgIpc) is 2.03. The fourth-order valence-electron chi connectivity index (χ4n) is 0.970. The average molecular weight is 158 g/mol. The standard InChI is InChI=1S/C11H12N/c1-11(2,3)10-6-4-5-9(7-10)8-12/h5-7H,1-3H3. The molecule has 0 aliphatic rings. The fourth-order valence-corrected chi connectivity index (χ4v) is 0.970. The van der Waals surface area contributed by atoms with Gasteiger partial charge in [0.2, 0.25) is 0 Å². The van der Waals surface area contributed by atoms with Crippen LogP contribution in [0.25, 0.3) is 0 Å². The molecular formula is C11H12N. The van der Waals surface area contributed by atoms with E-state index in [0.717, 1.165) is 5.56 Å². The van der Waals surface area contributed by atoms with Crippen molar-refractivity contribution in [3.8, 4) is 6.07 Å². The van der Waals surface area contributed by atoms with Crippen LogP contribution in [0.2, 0.25) is 0 Å². The molecule has 12 heavy (non-hydrogen) atoms. The van der Waals surface area contributed by atoms with Crippen LogP contribution in [-0.4, -0.2) is 0 Å². The van der Waals surface area contributed by atoms with Crippen LogP contribution in [0.4, 0.5) is 0 Å². The van der Waals surface area contributed by atoms with Crippen molar-refractivity contribution < 1.29 is 0 Å². The van der Waals surface area contributed by atoms with E-state index in [2.05, 4.69) is 32.9 Å². The number of nitriles is 1. The van der Waals surface area contributed by atoms with Crippen molar-refractivity contribution in [3.63, 3.8) is 0 Å². The molecule has 1 rings (SSSR count). The molecule has 0 saturated carbocycles. The number of hydrogen-bond acceptors (Lipinski definition) is 1. The van der Waals surface area contributed by atoms with Crippen molar-refractivity contribution in [1.29, 1.82) is 5.26 Å². The van der Waals surface area contributed by atoms with Gasteiger partial charge < -0.3 is 0 Å². The summed E-state index contributed by atoms with van der Waals surface area (Å²) >= 11 is 0. The zero-order valence-corrected chi connectivity index (χ0v) is 7.68. The largest absolute Gasteiger partial charge is 0.192 e. The van der Waals surface area contributed by atoms with Crippen LogP contribution in [0.5, 0.6) is 0 Å². The zero-order chi connectivity index (χ0) is 9.19. The van der Waals surface area contributed by atoms with Crippen molar-refractivity contribution in [2.75, 3.05) is 0 Å². The third kappa shape index (κ3) is 1.85. The van der Waals surface area contributed by atoms with E-state index in [1.165, 1.54) is 0 Å². The second-order valence-corrected chi connectivity index (χ2v) is 3.87. The first kappa shape index (κ1) is 8.80. The van der Waals surface area contributed by atoms with E-state index < -0.39 is 0 Å². The van der Waals surface area contributed by atoms with E-state index in [1.807, 2.05) is 12.1 Å². The summed E-state index contributed by atoms with van der Waals surface area (Å²) in [5.74, 6) is 0. The highest BCUT2D eigenvalue weighted by Gasteiger charge is 2.13. The Morgan fingerprint density at radius 3 is 2.50 bits per heavy atom. The van der Waals surface area contributed by atoms with Gasteiger partial charge in [-0.3, -0.25) is 0 Å². The minimum absolute atomic E-state index is 0.101. The Morgan fingerprint density at radius 2 is 2.00 bits per heavy atom. The molecule has 0 aromatic heterocycles. The van der Waals surface area contributed by atoms with Crippen LogP contribution in [0.15, 0.2) is 18.2 Å². The molecule has 0 N–H and O–H groups in total. The third-order valence-corrected chi connectivity index (χ3v) is 1.78. The van der Waals surface area contributed by atoms with Crippen molar-refractivity contribution in [3.05, 3.63) is 35.4 Å². The van der Waals surface area contributed by atoms with Gasteiger partial charge in [0, 0.05) is 0 Å². The van der Waals surface area contributed by atoms with Gasteiger partial charge in [-0.2, -0.15) is 5.26 Å². The van der Waals surface area contributed by atoms with Gasteiger partial charge in [-0.25, -0.2) is 0 Å². The Kier molecular flexibility index (Phi) is 2.19. The molecule has 0 aliphatic carbocycles. The molecule has 0 amide bonds. The monoisotopic (exact) mass is 158 g/mol. The van der Waals surface area contributed by atoms with Gasteiger partial charge in [-0.05, 0) is 29.2 Å². The molecule has 1 aromatic carbocycles. The van der Waals surface area contributed by atoms with Crippen molar-refractivity contribution >= 4 is 0 Å². The Morgan fingerprint density at radius 1 is 1.33 bits per heavy atom. The van der Waals surface area contributed by atoms with Crippen LogP contribution in [0.3, 0.4) is 0 Å². The summed E-state index contributed by atoms with van der Waals surface area (Å²) in [7, 11) is 0. The quantitative estimate of drug-likeness (QED) is 0.569. The molecule has 61 valence electrons. The first-order valence-electron chi connectivity index (χ1n) is 3.96. The predicted octanol–water partition coefficient (Wildman–Crippen LogP) is 2.66. The van der Waals surface area contributed by atoms with E-state index in [-0.39, 0.29) is 5.41 Å². The molecule has 0 spiro atoms. The summed E-state index contributed by atoms with van der Waals surface area (Å²) in [5.41, 5.74) is 1.94. The summed E-state index contributed by atoms with van der Waals surface area (Å²) in [6, 6.07) is 10.6. The maximum Gasteiger partial charge on any atom is 0.0991 e. The zero-order valence-electron chi connectivity index (χ0n) is 7.68. The minimum atomic E-state index is 0.101. The molecular weight excluding hydrogens is 146 g/mol. The normalized spacial score (nSPS) is 10.8. The lowest BCUT2D eigenvalue weighted by Gasteiger charge is -2.18. The highest BCUT2D eigenvalue weighted by molar-refractivity contribution is 5.35. The van der Waals surface area contributed by atoms with Crippen molar-refractivity contribution in [2.45, 2.75) is 26.2 Å². The molecule has 1 aromatic rings. The summed E-state index contributed by atoms with van der Waals surface area (Å²) in [6.45, 7) is 6.37. The lowest BCUT2D eigenvalue weighted by Crippen LogP contribution is -2.10. The second kappa shape index (κ2) is 2.98. The van der Waals surface area contributed by atoms with Gasteiger partial charge in [-0.15, -0.1) is 0 Å². The summed E-state index contributed by atoms with van der Waals surface area (Å²) in [5, 5.41) is 8.66. The van der Waals surface area contributed by atoms with Crippen LogP contribution in [-0.2, 0) is 5.41 Å². The van der Waals surface area contributed by atoms with Crippen molar-refractivity contribution in [2.24, 2.45) is 0 Å². The van der Waals surface area contributed by atoms with E-state index in [1.54, 1.807) is 6.07 Å². The summed E-state index contributed by atoms with van der Waals surface area (Å²) < 4.78 is 0. The molecule has 0 atom stereocenters. The Balaban J connectivity index is 3.13. The molecule has 0 bridgehead atoms. The van der Waals surface area contributed by atoms with Gasteiger partial charge in [-0.1, -0.05) is 26.8 Å². The lowest BCUT2D eigenvalue weighted by molar-refractivity contribution is 0.590. The maximum absolute atomic E-state index is 8.66. The maximum atomic E-state index is 8.66. The van der Waals surface area contributed by atoms with Gasteiger partial charge in [0.05, 0.1) is 11.6 Å². The smallest absolute Gasteiger partial charge is 0.0991 e. The van der Waals surface area contributed by atoms with Crippen LogP contribution in [0, 0.1) is 17.4 Å². The highest BCUT2D eigenvalue weighted by atomic mass is 14.2. The van der Waals surface area contributed by atoms with E-state index in [0.29, 0.717) is 5.56 Å². The molecule has 1 nitrogen and oxygen atoms in total. The van der Waals surface area contributed by atoms with Gasteiger partial charge >= 0.3 is 0 Å². The molecule has 0 saturated heterocycles. The molecule has 0 unspecified atom stereocenters. The van der Waals surface area contributed by atoms with Gasteiger partial charge in [0.25, 0.3) is 0 Å². The predicted molar refractivity (Wildman–Crippen MR) is 48.7 cm³/mol. The summed E-state index contributed by atoms with van der Waals surface area (Å²) in [6.07, 6.45) is 0. The molecule has 1 heteroatoms. The number of rotatable bonds is 0. The van der Waals surface area contributed by atoms with Crippen molar-refractivity contribution in [1.82, 2.24) is 0 Å². The second-order valence-electron chi connectivity index (χ2n) is 3.87. The molecule has 0 fully saturated rings. The summed E-state index contributed by atoms with van der Waals surface area (Å²) in [4.78, 5) is 0. The fraction of sp³-hybridized carbons (Fsp3) is 0.364. The molecule has 0 aliphatic heterocycles. The Bertz CT molecular complexity index is 313. The van der Waals surface area contributed by atoms with E-state index in [4.69, 9.17) is 5.26 Å². The number of nitrogens with zero attached hydrogens (tertiary/aromatic N) is 1. The van der Waals surface area contributed by atoms with Crippen LogP contribution in [0.1, 0.15) is 31.9 Å². The Labute approximate surface area is 73.6 Å². The van der Waals surface area contributed by atoms with Gasteiger partial charge in [0.1, 0.15) is 0 Å². The van der Waals surface area contributed by atoms with E-state index >= 15 is 0 Å². The van der Waals surface area contributed by atoms with E-state index in [9.17, 15) is 0 Å². The molecule has 1 radical (unpaired) electrons. The van der Waals surface area contributed by atoms with Crippen LogP contribution >= 0.6 is 0 Å².